The summed E-state index contributed by atoms with van der Waals surface area (Å²) < 4.78 is 1.82. The normalized spacial score (nSPS) is 12.9. The highest BCUT2D eigenvalue weighted by molar-refractivity contribution is 6.31. The van der Waals surface area contributed by atoms with Gasteiger partial charge in [-0.2, -0.15) is 5.10 Å². The summed E-state index contributed by atoms with van der Waals surface area (Å²) in [6.07, 6.45) is 3.18. The molecule has 1 unspecified atom stereocenters. The van der Waals surface area contributed by atoms with Gasteiger partial charge in [0.05, 0.1) is 27.6 Å². The van der Waals surface area contributed by atoms with Crippen molar-refractivity contribution in [1.29, 1.82) is 0 Å². The molecule has 0 aliphatic rings. The van der Waals surface area contributed by atoms with Gasteiger partial charge in [0.2, 0.25) is 0 Å². The van der Waals surface area contributed by atoms with Crippen molar-refractivity contribution in [1.82, 2.24) is 20.2 Å². The second-order valence-corrected chi connectivity index (χ2v) is 5.26. The molecule has 102 valence electrons. The van der Waals surface area contributed by atoms with Crippen molar-refractivity contribution >= 4 is 23.2 Å². The summed E-state index contributed by atoms with van der Waals surface area (Å²) in [6, 6.07) is 3.40. The summed E-state index contributed by atoms with van der Waals surface area (Å²) in [6.45, 7) is 4.05. The van der Waals surface area contributed by atoms with Gasteiger partial charge in [0.25, 0.3) is 0 Å². The van der Waals surface area contributed by atoms with Gasteiger partial charge in [-0.1, -0.05) is 23.2 Å². The van der Waals surface area contributed by atoms with Crippen molar-refractivity contribution in [3.63, 3.8) is 0 Å². The number of hydrogen-bond donors (Lipinski definition) is 2. The SMILES string of the molecule is CC(C)n1ncc(Cl)c1C(NN)c1ccc(Cl)cn1. The summed E-state index contributed by atoms with van der Waals surface area (Å²) in [5, 5.41) is 5.38. The third kappa shape index (κ3) is 2.90. The average molecular weight is 300 g/mol. The molecule has 5 nitrogen and oxygen atoms in total. The van der Waals surface area contributed by atoms with Gasteiger partial charge in [-0.3, -0.25) is 15.5 Å². The molecule has 3 N–H and O–H groups in total. The number of aromatic nitrogens is 3. The van der Waals surface area contributed by atoms with Crippen LogP contribution in [-0.4, -0.2) is 14.8 Å². The molecule has 19 heavy (non-hydrogen) atoms. The molecule has 0 spiro atoms. The second kappa shape index (κ2) is 5.88. The zero-order chi connectivity index (χ0) is 14.0. The molecule has 0 saturated carbocycles. The molecule has 0 saturated heterocycles. The molecule has 0 aliphatic heterocycles. The molecule has 0 fully saturated rings. The van der Waals surface area contributed by atoms with E-state index < -0.39 is 0 Å². The molecule has 1 atom stereocenters. The summed E-state index contributed by atoms with van der Waals surface area (Å²) in [5.74, 6) is 5.65. The molecule has 0 aliphatic carbocycles. The number of rotatable bonds is 4. The highest BCUT2D eigenvalue weighted by Gasteiger charge is 2.23. The Morgan fingerprint density at radius 2 is 2.00 bits per heavy atom. The molecule has 2 aromatic heterocycles. The van der Waals surface area contributed by atoms with Crippen LogP contribution in [0.15, 0.2) is 24.5 Å². The number of nitrogens with one attached hydrogen (secondary N) is 1. The lowest BCUT2D eigenvalue weighted by Gasteiger charge is -2.19. The van der Waals surface area contributed by atoms with Crippen LogP contribution in [0.3, 0.4) is 0 Å². The van der Waals surface area contributed by atoms with E-state index in [-0.39, 0.29) is 12.1 Å². The van der Waals surface area contributed by atoms with Crippen LogP contribution in [0.25, 0.3) is 0 Å². The molecule has 7 heteroatoms. The summed E-state index contributed by atoms with van der Waals surface area (Å²) in [4.78, 5) is 4.27. The number of hydrazine groups is 1. The van der Waals surface area contributed by atoms with Gasteiger partial charge in [0, 0.05) is 12.2 Å². The monoisotopic (exact) mass is 299 g/mol. The van der Waals surface area contributed by atoms with E-state index in [9.17, 15) is 0 Å². The van der Waals surface area contributed by atoms with Crippen LogP contribution in [-0.2, 0) is 0 Å². The lowest BCUT2D eigenvalue weighted by molar-refractivity contribution is 0.473. The Labute approximate surface area is 121 Å². The molecule has 2 rings (SSSR count). The summed E-state index contributed by atoms with van der Waals surface area (Å²) in [7, 11) is 0. The molecule has 0 radical (unpaired) electrons. The predicted octanol–water partition coefficient (Wildman–Crippen LogP) is 2.72. The molecule has 2 heterocycles. The van der Waals surface area contributed by atoms with Gasteiger partial charge >= 0.3 is 0 Å². The fourth-order valence-corrected chi connectivity index (χ4v) is 2.25. The van der Waals surface area contributed by atoms with E-state index in [1.54, 1.807) is 24.5 Å². The third-order valence-corrected chi connectivity index (χ3v) is 3.28. The maximum Gasteiger partial charge on any atom is 0.106 e. The highest BCUT2D eigenvalue weighted by atomic mass is 35.5. The van der Waals surface area contributed by atoms with E-state index in [0.717, 1.165) is 11.4 Å². The molecule has 2 aromatic rings. The first-order chi connectivity index (χ1) is 9.04. The highest BCUT2D eigenvalue weighted by Crippen LogP contribution is 2.29. The van der Waals surface area contributed by atoms with E-state index >= 15 is 0 Å². The minimum absolute atomic E-state index is 0.172. The van der Waals surface area contributed by atoms with E-state index in [4.69, 9.17) is 29.0 Å². The summed E-state index contributed by atoms with van der Waals surface area (Å²) >= 11 is 12.1. The first-order valence-electron chi connectivity index (χ1n) is 5.85. The van der Waals surface area contributed by atoms with Crippen LogP contribution in [0.2, 0.25) is 10.0 Å². The number of hydrogen-bond acceptors (Lipinski definition) is 4. The predicted molar refractivity (Wildman–Crippen MR) is 76.0 cm³/mol. The van der Waals surface area contributed by atoms with Gasteiger partial charge in [-0.15, -0.1) is 0 Å². The Morgan fingerprint density at radius 1 is 1.26 bits per heavy atom. The quantitative estimate of drug-likeness (QED) is 0.673. The number of nitrogens with zero attached hydrogens (tertiary/aromatic N) is 3. The third-order valence-electron chi connectivity index (χ3n) is 2.76. The van der Waals surface area contributed by atoms with Crippen LogP contribution in [0.1, 0.15) is 37.3 Å². The van der Waals surface area contributed by atoms with E-state index in [1.165, 1.54) is 0 Å². The maximum atomic E-state index is 6.21. The minimum atomic E-state index is -0.338. The van der Waals surface area contributed by atoms with Crippen molar-refractivity contribution in [3.8, 4) is 0 Å². The minimum Gasteiger partial charge on any atom is -0.270 e. The fourth-order valence-electron chi connectivity index (χ4n) is 1.89. The maximum absolute atomic E-state index is 6.21. The number of nitrogens with two attached hydrogens (primary N) is 1. The van der Waals surface area contributed by atoms with Gasteiger partial charge in [-0.05, 0) is 26.0 Å². The summed E-state index contributed by atoms with van der Waals surface area (Å²) in [5.41, 5.74) is 4.24. The van der Waals surface area contributed by atoms with Crippen LogP contribution >= 0.6 is 23.2 Å². The van der Waals surface area contributed by atoms with E-state index in [1.807, 2.05) is 18.5 Å². The largest absolute Gasteiger partial charge is 0.270 e. The van der Waals surface area contributed by atoms with Crippen LogP contribution in [0.5, 0.6) is 0 Å². The van der Waals surface area contributed by atoms with Crippen LogP contribution < -0.4 is 11.3 Å². The van der Waals surface area contributed by atoms with Gasteiger partial charge in [0.15, 0.2) is 0 Å². The van der Waals surface area contributed by atoms with Gasteiger partial charge in [-0.25, -0.2) is 5.43 Å². The van der Waals surface area contributed by atoms with Crippen molar-refractivity contribution < 1.29 is 0 Å². The first kappa shape index (κ1) is 14.3. The van der Waals surface area contributed by atoms with E-state index in [0.29, 0.717) is 10.0 Å². The van der Waals surface area contributed by atoms with Crippen molar-refractivity contribution in [2.45, 2.75) is 25.9 Å². The molecule has 0 amide bonds. The Bertz CT molecular complexity index is 550. The topological polar surface area (TPSA) is 68.8 Å². The van der Waals surface area contributed by atoms with Gasteiger partial charge in [0.1, 0.15) is 6.04 Å². The molecular weight excluding hydrogens is 285 g/mol. The van der Waals surface area contributed by atoms with Gasteiger partial charge < -0.3 is 0 Å². The van der Waals surface area contributed by atoms with E-state index in [2.05, 4.69) is 15.5 Å². The van der Waals surface area contributed by atoms with Crippen molar-refractivity contribution in [2.75, 3.05) is 0 Å². The number of halogens is 2. The lowest BCUT2D eigenvalue weighted by Crippen LogP contribution is -2.32. The van der Waals surface area contributed by atoms with Crippen molar-refractivity contribution in [3.05, 3.63) is 46.0 Å². The average Bonchev–Trinajstić information content (AvgIpc) is 2.75. The van der Waals surface area contributed by atoms with Crippen LogP contribution in [0.4, 0.5) is 0 Å². The molecule has 0 bridgehead atoms. The lowest BCUT2D eigenvalue weighted by atomic mass is 10.1. The first-order valence-corrected chi connectivity index (χ1v) is 6.60. The zero-order valence-electron chi connectivity index (χ0n) is 10.6. The van der Waals surface area contributed by atoms with Crippen molar-refractivity contribution in [2.24, 2.45) is 5.84 Å². The zero-order valence-corrected chi connectivity index (χ0v) is 12.2. The molecule has 0 aromatic carbocycles. The smallest absolute Gasteiger partial charge is 0.106 e. The Balaban J connectivity index is 2.47. The van der Waals surface area contributed by atoms with Crippen LogP contribution in [0, 0.1) is 0 Å². The second-order valence-electron chi connectivity index (χ2n) is 4.42. The standard InChI is InChI=1S/C12H15Cl2N5/c1-7(2)19-12(9(14)6-17-19)11(18-15)10-4-3-8(13)5-16-10/h3-7,11,18H,15H2,1-2H3. The Kier molecular flexibility index (Phi) is 4.42. The Morgan fingerprint density at radius 3 is 2.53 bits per heavy atom. The fraction of sp³-hybridized carbons (Fsp3) is 0.333. The Hall–Kier alpha value is -1.14. The molecular formula is C12H15Cl2N5. The number of pyridine rings is 1.